The monoisotopic (exact) mass is 280 g/mol. The van der Waals surface area contributed by atoms with Crippen molar-refractivity contribution in [1.82, 2.24) is 5.32 Å². The number of amides is 1. The predicted octanol–water partition coefficient (Wildman–Crippen LogP) is 3.08. The first-order chi connectivity index (χ1) is 9.58. The summed E-state index contributed by atoms with van der Waals surface area (Å²) in [6, 6.07) is 0.308. The Morgan fingerprint density at radius 3 is 2.65 bits per heavy atom. The van der Waals surface area contributed by atoms with E-state index in [1.807, 2.05) is 0 Å². The van der Waals surface area contributed by atoms with Gasteiger partial charge in [-0.2, -0.15) is 0 Å². The molecule has 0 heterocycles. The molecule has 20 heavy (non-hydrogen) atoms. The van der Waals surface area contributed by atoms with E-state index >= 15 is 0 Å². The number of hydrogen-bond acceptors (Lipinski definition) is 2. The van der Waals surface area contributed by atoms with Gasteiger partial charge < -0.3 is 11.1 Å². The fourth-order valence-corrected chi connectivity index (χ4v) is 4.02. The van der Waals surface area contributed by atoms with Gasteiger partial charge in [-0.15, -0.1) is 0 Å². The standard InChI is InChI=1S/C17H32N2O/c1-12-6-3-4-7-15(12)11-19-17(20)13(2)14-8-5-9-16(18)10-14/h12-16H,3-11,18H2,1-2H3,(H,19,20). The van der Waals surface area contributed by atoms with Crippen molar-refractivity contribution in [3.63, 3.8) is 0 Å². The van der Waals surface area contributed by atoms with Gasteiger partial charge in [0.25, 0.3) is 0 Å². The average Bonchev–Trinajstić information content (AvgIpc) is 2.45. The first kappa shape index (κ1) is 15.8. The quantitative estimate of drug-likeness (QED) is 0.831. The molecular weight excluding hydrogens is 248 g/mol. The lowest BCUT2D eigenvalue weighted by Crippen LogP contribution is -2.40. The van der Waals surface area contributed by atoms with Crippen LogP contribution in [0.5, 0.6) is 0 Å². The zero-order chi connectivity index (χ0) is 14.5. The molecule has 2 fully saturated rings. The van der Waals surface area contributed by atoms with E-state index in [-0.39, 0.29) is 11.8 Å². The van der Waals surface area contributed by atoms with E-state index in [0.717, 1.165) is 25.3 Å². The van der Waals surface area contributed by atoms with Crippen LogP contribution < -0.4 is 11.1 Å². The molecule has 1 amide bonds. The first-order valence-electron chi connectivity index (χ1n) is 8.61. The fourth-order valence-electron chi connectivity index (χ4n) is 4.02. The summed E-state index contributed by atoms with van der Waals surface area (Å²) in [4.78, 5) is 12.3. The third kappa shape index (κ3) is 4.21. The van der Waals surface area contributed by atoms with Crippen LogP contribution in [0.2, 0.25) is 0 Å². The molecule has 5 unspecified atom stereocenters. The topological polar surface area (TPSA) is 55.1 Å². The Morgan fingerprint density at radius 2 is 1.95 bits per heavy atom. The highest BCUT2D eigenvalue weighted by Crippen LogP contribution is 2.31. The largest absolute Gasteiger partial charge is 0.356 e. The molecule has 3 N–H and O–H groups in total. The number of nitrogens with one attached hydrogen (secondary N) is 1. The second kappa shape index (κ2) is 7.44. The molecule has 0 bridgehead atoms. The maximum Gasteiger partial charge on any atom is 0.223 e. The Hall–Kier alpha value is -0.570. The van der Waals surface area contributed by atoms with Crippen LogP contribution >= 0.6 is 0 Å². The molecule has 0 aromatic carbocycles. The molecule has 0 aromatic heterocycles. The molecule has 5 atom stereocenters. The van der Waals surface area contributed by atoms with Gasteiger partial charge in [0.2, 0.25) is 5.91 Å². The second-order valence-corrected chi connectivity index (χ2v) is 7.24. The SMILES string of the molecule is CC1CCCCC1CNC(=O)C(C)C1CCCC(N)C1. The minimum atomic E-state index is 0.125. The number of carbonyl (C=O) groups excluding carboxylic acids is 1. The minimum absolute atomic E-state index is 0.125. The Bertz CT molecular complexity index is 318. The lowest BCUT2D eigenvalue weighted by atomic mass is 9.78. The van der Waals surface area contributed by atoms with Crippen LogP contribution in [0.3, 0.4) is 0 Å². The Morgan fingerprint density at radius 1 is 1.20 bits per heavy atom. The summed E-state index contributed by atoms with van der Waals surface area (Å²) in [7, 11) is 0. The molecule has 0 aliphatic heterocycles. The van der Waals surface area contributed by atoms with E-state index < -0.39 is 0 Å². The van der Waals surface area contributed by atoms with Gasteiger partial charge in [0.1, 0.15) is 0 Å². The van der Waals surface area contributed by atoms with Crippen LogP contribution in [-0.2, 0) is 4.79 Å². The number of hydrogen-bond donors (Lipinski definition) is 2. The average molecular weight is 280 g/mol. The van der Waals surface area contributed by atoms with Gasteiger partial charge in [-0.05, 0) is 43.4 Å². The molecule has 2 rings (SSSR count). The molecule has 3 heteroatoms. The van der Waals surface area contributed by atoms with Gasteiger partial charge in [0, 0.05) is 18.5 Å². The van der Waals surface area contributed by atoms with Crippen molar-refractivity contribution in [2.75, 3.05) is 6.54 Å². The summed E-state index contributed by atoms with van der Waals surface area (Å²) in [6.07, 6.45) is 9.81. The molecule has 0 saturated heterocycles. The maximum absolute atomic E-state index is 12.3. The van der Waals surface area contributed by atoms with Crippen LogP contribution in [-0.4, -0.2) is 18.5 Å². The van der Waals surface area contributed by atoms with E-state index in [2.05, 4.69) is 19.2 Å². The van der Waals surface area contributed by atoms with Gasteiger partial charge in [-0.1, -0.05) is 39.5 Å². The van der Waals surface area contributed by atoms with E-state index in [9.17, 15) is 4.79 Å². The predicted molar refractivity (Wildman–Crippen MR) is 83.2 cm³/mol. The molecule has 0 radical (unpaired) electrons. The second-order valence-electron chi connectivity index (χ2n) is 7.24. The van der Waals surface area contributed by atoms with Gasteiger partial charge in [-0.3, -0.25) is 4.79 Å². The Labute approximate surface area is 124 Å². The third-order valence-electron chi connectivity index (χ3n) is 5.70. The van der Waals surface area contributed by atoms with Crippen LogP contribution in [0.4, 0.5) is 0 Å². The van der Waals surface area contributed by atoms with E-state index in [1.54, 1.807) is 0 Å². The highest BCUT2D eigenvalue weighted by molar-refractivity contribution is 5.78. The van der Waals surface area contributed by atoms with Gasteiger partial charge in [0.15, 0.2) is 0 Å². The molecule has 0 aromatic rings. The van der Waals surface area contributed by atoms with Crippen LogP contribution in [0.1, 0.15) is 65.2 Å². The lowest BCUT2D eigenvalue weighted by molar-refractivity contribution is -0.126. The first-order valence-corrected chi connectivity index (χ1v) is 8.61. The van der Waals surface area contributed by atoms with Crippen molar-refractivity contribution in [1.29, 1.82) is 0 Å². The van der Waals surface area contributed by atoms with Crippen LogP contribution in [0, 0.1) is 23.7 Å². The Kier molecular flexibility index (Phi) is 5.88. The number of carbonyl (C=O) groups is 1. The van der Waals surface area contributed by atoms with Crippen molar-refractivity contribution in [2.45, 2.75) is 71.3 Å². The van der Waals surface area contributed by atoms with E-state index in [4.69, 9.17) is 5.73 Å². The lowest BCUT2D eigenvalue weighted by Gasteiger charge is -2.32. The molecule has 2 saturated carbocycles. The highest BCUT2D eigenvalue weighted by atomic mass is 16.1. The van der Waals surface area contributed by atoms with Crippen LogP contribution in [0.15, 0.2) is 0 Å². The Balaban J connectivity index is 1.75. The summed E-state index contributed by atoms with van der Waals surface area (Å²) in [5.41, 5.74) is 6.04. The summed E-state index contributed by atoms with van der Waals surface area (Å²) < 4.78 is 0. The molecular formula is C17H32N2O. The maximum atomic E-state index is 12.3. The summed E-state index contributed by atoms with van der Waals surface area (Å²) in [6.45, 7) is 5.30. The van der Waals surface area contributed by atoms with Crippen molar-refractivity contribution in [2.24, 2.45) is 29.4 Å². The van der Waals surface area contributed by atoms with Crippen molar-refractivity contribution < 1.29 is 4.79 Å². The number of rotatable bonds is 4. The molecule has 2 aliphatic carbocycles. The fraction of sp³-hybridized carbons (Fsp3) is 0.941. The van der Waals surface area contributed by atoms with E-state index in [1.165, 1.54) is 38.5 Å². The number of nitrogens with two attached hydrogens (primary N) is 1. The third-order valence-corrected chi connectivity index (χ3v) is 5.70. The minimum Gasteiger partial charge on any atom is -0.356 e. The summed E-state index contributed by atoms with van der Waals surface area (Å²) in [5, 5.41) is 3.21. The molecule has 3 nitrogen and oxygen atoms in total. The van der Waals surface area contributed by atoms with Crippen molar-refractivity contribution >= 4 is 5.91 Å². The molecule has 0 spiro atoms. The van der Waals surface area contributed by atoms with Gasteiger partial charge in [0.05, 0.1) is 0 Å². The van der Waals surface area contributed by atoms with Gasteiger partial charge in [-0.25, -0.2) is 0 Å². The van der Waals surface area contributed by atoms with Crippen molar-refractivity contribution in [3.05, 3.63) is 0 Å². The zero-order valence-electron chi connectivity index (χ0n) is 13.2. The summed E-state index contributed by atoms with van der Waals surface area (Å²) in [5.74, 6) is 2.32. The smallest absolute Gasteiger partial charge is 0.223 e. The highest BCUT2D eigenvalue weighted by Gasteiger charge is 2.29. The summed E-state index contributed by atoms with van der Waals surface area (Å²) >= 11 is 0. The molecule has 2 aliphatic rings. The normalized spacial score (nSPS) is 36.4. The van der Waals surface area contributed by atoms with Gasteiger partial charge >= 0.3 is 0 Å². The van der Waals surface area contributed by atoms with E-state index in [0.29, 0.717) is 17.9 Å². The van der Waals surface area contributed by atoms with Crippen LogP contribution in [0.25, 0.3) is 0 Å². The molecule has 116 valence electrons. The zero-order valence-corrected chi connectivity index (χ0v) is 13.2. The van der Waals surface area contributed by atoms with Crippen molar-refractivity contribution in [3.8, 4) is 0 Å².